The zero-order valence-corrected chi connectivity index (χ0v) is 12.7. The van der Waals surface area contributed by atoms with Gasteiger partial charge in [0.1, 0.15) is 0 Å². The number of rotatable bonds is 8. The highest BCUT2D eigenvalue weighted by atomic mass is 32.1. The van der Waals surface area contributed by atoms with Gasteiger partial charge in [0.25, 0.3) is 0 Å². The van der Waals surface area contributed by atoms with E-state index in [9.17, 15) is 0 Å². The molecule has 0 aliphatic heterocycles. The monoisotopic (exact) mass is 305 g/mol. The molecule has 21 heavy (non-hydrogen) atoms. The summed E-state index contributed by atoms with van der Waals surface area (Å²) in [7, 11) is 1.65. The van der Waals surface area contributed by atoms with Crippen LogP contribution >= 0.6 is 12.2 Å². The Bertz CT molecular complexity index is 602. The number of aromatic amines is 1. The summed E-state index contributed by atoms with van der Waals surface area (Å²) in [6, 6.07) is 10.3. The molecule has 0 radical (unpaired) electrons. The molecule has 1 aromatic heterocycles. The van der Waals surface area contributed by atoms with Crippen LogP contribution in [0.2, 0.25) is 0 Å². The van der Waals surface area contributed by atoms with Crippen LogP contribution < -0.4 is 10.6 Å². The van der Waals surface area contributed by atoms with Crippen LogP contribution in [-0.2, 0) is 11.2 Å². The van der Waals surface area contributed by atoms with Crippen molar-refractivity contribution in [2.45, 2.75) is 6.42 Å². The second-order valence-corrected chi connectivity index (χ2v) is 4.78. The quantitative estimate of drug-likeness (QED) is 0.513. The molecule has 2 aromatic rings. The molecular formula is C14H19N5OS. The first kappa shape index (κ1) is 15.4. The van der Waals surface area contributed by atoms with Gasteiger partial charge < -0.3 is 15.4 Å². The molecule has 7 heteroatoms. The number of nitrogens with one attached hydrogen (secondary N) is 3. The minimum atomic E-state index is 0.302. The lowest BCUT2D eigenvalue weighted by Crippen LogP contribution is -2.13. The summed E-state index contributed by atoms with van der Waals surface area (Å²) < 4.78 is 5.28. The molecule has 0 spiro atoms. The first-order valence-corrected chi connectivity index (χ1v) is 7.18. The molecule has 0 atom stereocenters. The molecule has 0 saturated heterocycles. The number of aromatic nitrogens is 3. The minimum absolute atomic E-state index is 0.302. The van der Waals surface area contributed by atoms with E-state index in [1.807, 2.05) is 18.2 Å². The molecule has 0 amide bonds. The third kappa shape index (κ3) is 5.49. The minimum Gasteiger partial charge on any atom is -0.383 e. The van der Waals surface area contributed by atoms with Gasteiger partial charge in [0.05, 0.1) is 6.61 Å². The maximum absolute atomic E-state index is 5.06. The largest absolute Gasteiger partial charge is 0.383 e. The van der Waals surface area contributed by atoms with Crippen LogP contribution in [0.15, 0.2) is 30.3 Å². The lowest BCUT2D eigenvalue weighted by molar-refractivity contribution is 0.210. The van der Waals surface area contributed by atoms with Gasteiger partial charge in [-0.1, -0.05) is 30.3 Å². The van der Waals surface area contributed by atoms with Gasteiger partial charge in [0.2, 0.25) is 16.7 Å². The van der Waals surface area contributed by atoms with E-state index < -0.39 is 0 Å². The predicted octanol–water partition coefficient (Wildman–Crippen LogP) is 2.25. The van der Waals surface area contributed by atoms with Crippen LogP contribution in [0.1, 0.15) is 5.56 Å². The zero-order valence-electron chi connectivity index (χ0n) is 11.9. The van der Waals surface area contributed by atoms with Gasteiger partial charge in [-0.3, -0.25) is 4.98 Å². The molecule has 3 N–H and O–H groups in total. The number of H-pyrrole nitrogens is 1. The zero-order chi connectivity index (χ0) is 14.9. The topological polar surface area (TPSA) is 74.9 Å². The summed E-state index contributed by atoms with van der Waals surface area (Å²) >= 11 is 5.06. The molecule has 0 bridgehead atoms. The van der Waals surface area contributed by atoms with Crippen LogP contribution in [0.5, 0.6) is 0 Å². The molecular weight excluding hydrogens is 286 g/mol. The average Bonchev–Trinajstić information content (AvgIpc) is 2.48. The van der Waals surface area contributed by atoms with Crippen molar-refractivity contribution in [2.75, 3.05) is 37.4 Å². The third-order valence-electron chi connectivity index (χ3n) is 2.80. The second-order valence-electron chi connectivity index (χ2n) is 4.41. The van der Waals surface area contributed by atoms with Gasteiger partial charge in [-0.15, -0.1) is 0 Å². The third-order valence-corrected chi connectivity index (χ3v) is 2.98. The lowest BCUT2D eigenvalue weighted by atomic mass is 10.1. The van der Waals surface area contributed by atoms with E-state index in [4.69, 9.17) is 17.0 Å². The fourth-order valence-electron chi connectivity index (χ4n) is 1.79. The number of benzene rings is 1. The highest BCUT2D eigenvalue weighted by Gasteiger charge is 2.00. The Kier molecular flexibility index (Phi) is 6.11. The Labute approximate surface area is 129 Å². The molecule has 6 nitrogen and oxygen atoms in total. The highest BCUT2D eigenvalue weighted by Crippen LogP contribution is 2.04. The van der Waals surface area contributed by atoms with E-state index in [1.165, 1.54) is 5.56 Å². The van der Waals surface area contributed by atoms with Gasteiger partial charge in [0.15, 0.2) is 0 Å². The van der Waals surface area contributed by atoms with E-state index in [-0.39, 0.29) is 0 Å². The molecule has 0 unspecified atom stereocenters. The number of hydrogen-bond acceptors (Lipinski definition) is 6. The first-order chi connectivity index (χ1) is 10.3. The molecule has 2 rings (SSSR count). The van der Waals surface area contributed by atoms with E-state index in [2.05, 4.69) is 37.7 Å². The molecule has 1 heterocycles. The Morgan fingerprint density at radius 3 is 2.43 bits per heavy atom. The summed E-state index contributed by atoms with van der Waals surface area (Å²) in [6.45, 7) is 2.02. The van der Waals surface area contributed by atoms with Crippen molar-refractivity contribution in [2.24, 2.45) is 0 Å². The molecule has 112 valence electrons. The SMILES string of the molecule is COCCNc1nc(=S)nc(NCCc2ccccc2)[nH]1. The van der Waals surface area contributed by atoms with Crippen LogP contribution in [0.3, 0.4) is 0 Å². The van der Waals surface area contributed by atoms with Crippen molar-refractivity contribution in [1.82, 2.24) is 15.0 Å². The van der Waals surface area contributed by atoms with Gasteiger partial charge in [0, 0.05) is 20.2 Å². The number of nitrogens with zero attached hydrogens (tertiary/aromatic N) is 2. The van der Waals surface area contributed by atoms with Gasteiger partial charge in [-0.25, -0.2) is 0 Å². The molecule has 1 aromatic carbocycles. The fourth-order valence-corrected chi connectivity index (χ4v) is 1.98. The summed E-state index contributed by atoms with van der Waals surface area (Å²) in [6.07, 6.45) is 0.915. The maximum atomic E-state index is 5.06. The predicted molar refractivity (Wildman–Crippen MR) is 86.2 cm³/mol. The van der Waals surface area contributed by atoms with Crippen molar-refractivity contribution in [3.05, 3.63) is 40.7 Å². The van der Waals surface area contributed by atoms with Crippen LogP contribution in [0, 0.1) is 4.77 Å². The Morgan fingerprint density at radius 2 is 1.76 bits per heavy atom. The summed E-state index contributed by atoms with van der Waals surface area (Å²) in [4.78, 5) is 11.3. The van der Waals surface area contributed by atoms with Crippen LogP contribution in [-0.4, -0.2) is 41.8 Å². The Balaban J connectivity index is 1.89. The van der Waals surface area contributed by atoms with Crippen molar-refractivity contribution in [3.63, 3.8) is 0 Å². The van der Waals surface area contributed by atoms with Crippen LogP contribution in [0.4, 0.5) is 11.9 Å². The molecule has 0 aliphatic carbocycles. The van der Waals surface area contributed by atoms with Crippen molar-refractivity contribution >= 4 is 24.1 Å². The Hall–Kier alpha value is -1.99. The van der Waals surface area contributed by atoms with E-state index in [0.717, 1.165) is 13.0 Å². The van der Waals surface area contributed by atoms with E-state index >= 15 is 0 Å². The van der Waals surface area contributed by atoms with Crippen molar-refractivity contribution in [1.29, 1.82) is 0 Å². The van der Waals surface area contributed by atoms with Gasteiger partial charge in [-0.05, 0) is 24.2 Å². The highest BCUT2D eigenvalue weighted by molar-refractivity contribution is 7.71. The summed E-state index contributed by atoms with van der Waals surface area (Å²) in [5, 5.41) is 6.32. The average molecular weight is 305 g/mol. The maximum Gasteiger partial charge on any atom is 0.225 e. The first-order valence-electron chi connectivity index (χ1n) is 6.77. The van der Waals surface area contributed by atoms with Gasteiger partial charge >= 0.3 is 0 Å². The van der Waals surface area contributed by atoms with Crippen molar-refractivity contribution in [3.8, 4) is 0 Å². The molecule has 0 fully saturated rings. The summed E-state index contributed by atoms with van der Waals surface area (Å²) in [5.74, 6) is 1.21. The normalized spacial score (nSPS) is 10.3. The standard InChI is InChI=1S/C14H19N5OS/c1-20-10-9-16-13-17-12(18-14(21)19-13)15-8-7-11-5-3-2-4-6-11/h2-6H,7-10H2,1H3,(H3,15,16,17,18,19,21). The van der Waals surface area contributed by atoms with E-state index in [1.54, 1.807) is 7.11 Å². The lowest BCUT2D eigenvalue weighted by Gasteiger charge is -2.09. The smallest absolute Gasteiger partial charge is 0.225 e. The molecule has 0 aliphatic rings. The Morgan fingerprint density at radius 1 is 1.10 bits per heavy atom. The van der Waals surface area contributed by atoms with Gasteiger partial charge in [-0.2, -0.15) is 9.97 Å². The number of hydrogen-bond donors (Lipinski definition) is 3. The molecule has 0 saturated carbocycles. The number of methoxy groups -OCH3 is 1. The van der Waals surface area contributed by atoms with Crippen LogP contribution in [0.25, 0.3) is 0 Å². The fraction of sp³-hybridized carbons (Fsp3) is 0.357. The summed E-state index contributed by atoms with van der Waals surface area (Å²) in [5.41, 5.74) is 1.27. The van der Waals surface area contributed by atoms with Crippen molar-refractivity contribution < 1.29 is 4.74 Å². The number of ether oxygens (including phenoxy) is 1. The second kappa shape index (κ2) is 8.33. The van der Waals surface area contributed by atoms with E-state index in [0.29, 0.717) is 29.8 Å². The number of anilines is 2.